The molecule has 172 valence electrons. The Hall–Kier alpha value is -3.07. The number of ether oxygens (including phenoxy) is 2. The first-order valence-electron chi connectivity index (χ1n) is 10.2. The van der Waals surface area contributed by atoms with Gasteiger partial charge < -0.3 is 19.7 Å². The lowest BCUT2D eigenvalue weighted by Gasteiger charge is -2.36. The van der Waals surface area contributed by atoms with Gasteiger partial charge in [-0.2, -0.15) is 13.2 Å². The number of amides is 2. The number of carbonyl (C=O) groups excluding carboxylic acids is 2. The molecule has 3 rings (SSSR count). The Morgan fingerprint density at radius 3 is 2.59 bits per heavy atom. The van der Waals surface area contributed by atoms with E-state index in [1.165, 1.54) is 20.1 Å². The smallest absolute Gasteiger partial charge is 0.416 e. The molecule has 2 amide bonds. The lowest BCUT2D eigenvalue weighted by molar-refractivity contribution is -0.137. The summed E-state index contributed by atoms with van der Waals surface area (Å²) in [4.78, 5) is 26.7. The Bertz CT molecular complexity index is 978. The molecule has 1 heterocycles. The zero-order chi connectivity index (χ0) is 23.3. The van der Waals surface area contributed by atoms with Crippen molar-refractivity contribution in [1.82, 2.24) is 4.90 Å². The highest BCUT2D eigenvalue weighted by molar-refractivity contribution is 5.93. The Balaban J connectivity index is 1.84. The summed E-state index contributed by atoms with van der Waals surface area (Å²) < 4.78 is 50.0. The van der Waals surface area contributed by atoms with Crippen LogP contribution < -0.4 is 10.1 Å². The van der Waals surface area contributed by atoms with Gasteiger partial charge in [0, 0.05) is 20.6 Å². The Morgan fingerprint density at radius 2 is 1.91 bits per heavy atom. The van der Waals surface area contributed by atoms with E-state index < -0.39 is 23.7 Å². The third-order valence-electron chi connectivity index (χ3n) is 5.32. The van der Waals surface area contributed by atoms with Gasteiger partial charge in [-0.1, -0.05) is 24.3 Å². The van der Waals surface area contributed by atoms with Crippen molar-refractivity contribution < 1.29 is 32.2 Å². The van der Waals surface area contributed by atoms with Gasteiger partial charge in [0.15, 0.2) is 0 Å². The molecule has 1 aliphatic rings. The van der Waals surface area contributed by atoms with E-state index in [1.807, 2.05) is 24.3 Å². The minimum Gasteiger partial charge on any atom is -0.489 e. The lowest BCUT2D eigenvalue weighted by Crippen LogP contribution is -2.40. The highest BCUT2D eigenvalue weighted by Gasteiger charge is 2.33. The number of nitrogens with zero attached hydrogens (tertiary/aromatic N) is 1. The highest BCUT2D eigenvalue weighted by Crippen LogP contribution is 2.36. The second-order valence-electron chi connectivity index (χ2n) is 7.48. The molecule has 0 spiro atoms. The number of halogens is 3. The molecule has 0 aliphatic carbocycles. The number of benzene rings is 2. The molecule has 6 nitrogen and oxygen atoms in total. The van der Waals surface area contributed by atoms with Crippen molar-refractivity contribution in [3.05, 3.63) is 59.2 Å². The second-order valence-corrected chi connectivity index (χ2v) is 7.48. The molecule has 0 saturated heterocycles. The molecule has 32 heavy (non-hydrogen) atoms. The number of rotatable bonds is 7. The van der Waals surface area contributed by atoms with Gasteiger partial charge >= 0.3 is 6.18 Å². The van der Waals surface area contributed by atoms with Crippen LogP contribution in [0.3, 0.4) is 0 Å². The molecular formula is C23H25F3N2O4. The van der Waals surface area contributed by atoms with Gasteiger partial charge in [0.25, 0.3) is 0 Å². The Labute approximate surface area is 184 Å². The lowest BCUT2D eigenvalue weighted by atomic mass is 9.90. The van der Waals surface area contributed by atoms with Crippen molar-refractivity contribution in [2.45, 2.75) is 32.0 Å². The van der Waals surface area contributed by atoms with Crippen molar-refractivity contribution in [2.24, 2.45) is 0 Å². The molecule has 1 aliphatic heterocycles. The van der Waals surface area contributed by atoms with E-state index in [9.17, 15) is 22.8 Å². The summed E-state index contributed by atoms with van der Waals surface area (Å²) in [5.41, 5.74) is 0.926. The summed E-state index contributed by atoms with van der Waals surface area (Å²) in [7, 11) is 1.47. The van der Waals surface area contributed by atoms with Crippen molar-refractivity contribution in [3.8, 4) is 5.75 Å². The number of alkyl halides is 3. The number of methoxy groups -OCH3 is 1. The van der Waals surface area contributed by atoms with Crippen LogP contribution in [0.5, 0.6) is 5.75 Å². The molecule has 0 saturated carbocycles. The van der Waals surface area contributed by atoms with E-state index in [0.29, 0.717) is 13.0 Å². The summed E-state index contributed by atoms with van der Waals surface area (Å²) >= 11 is 0. The van der Waals surface area contributed by atoms with Crippen LogP contribution in [0.25, 0.3) is 0 Å². The maximum atomic E-state index is 13.2. The zero-order valence-corrected chi connectivity index (χ0v) is 17.9. The maximum Gasteiger partial charge on any atom is 0.416 e. The fraction of sp³-hybridized carbons (Fsp3) is 0.391. The fourth-order valence-electron chi connectivity index (χ4n) is 3.79. The number of nitrogens with one attached hydrogen (secondary N) is 1. The van der Waals surface area contributed by atoms with Crippen LogP contribution in [0, 0.1) is 0 Å². The van der Waals surface area contributed by atoms with Crippen LogP contribution in [0.4, 0.5) is 18.9 Å². The van der Waals surface area contributed by atoms with Gasteiger partial charge in [-0.05, 0) is 35.7 Å². The molecule has 1 N–H and O–H groups in total. The largest absolute Gasteiger partial charge is 0.489 e. The molecule has 0 aromatic heterocycles. The van der Waals surface area contributed by atoms with E-state index in [-0.39, 0.29) is 37.0 Å². The first kappa shape index (κ1) is 23.6. The standard InChI is InChI=1S/C23H25F3N2O4/c1-15(29)28-10-9-16-5-3-4-6-18(16)20(28)14-22(30)27-19-13-17(23(24,25)26)7-8-21(19)32-12-11-31-2/h3-8,13,20H,9-12,14H2,1-2H3,(H,27,30). The predicted molar refractivity (Wildman–Crippen MR) is 112 cm³/mol. The maximum absolute atomic E-state index is 13.2. The first-order valence-corrected chi connectivity index (χ1v) is 10.2. The minimum atomic E-state index is -4.57. The molecule has 2 aromatic rings. The molecule has 9 heteroatoms. The SMILES string of the molecule is COCCOc1ccc(C(F)(F)F)cc1NC(=O)CC1c2ccccc2CCN1C(C)=O. The highest BCUT2D eigenvalue weighted by atomic mass is 19.4. The van der Waals surface area contributed by atoms with Gasteiger partial charge in [-0.25, -0.2) is 0 Å². The van der Waals surface area contributed by atoms with Crippen LogP contribution in [0.15, 0.2) is 42.5 Å². The molecule has 0 bridgehead atoms. The fourth-order valence-corrected chi connectivity index (χ4v) is 3.79. The number of carbonyl (C=O) groups is 2. The number of hydrogen-bond acceptors (Lipinski definition) is 4. The van der Waals surface area contributed by atoms with Gasteiger partial charge in [0.1, 0.15) is 12.4 Å². The molecule has 0 fully saturated rings. The van der Waals surface area contributed by atoms with Gasteiger partial charge in [-0.15, -0.1) is 0 Å². The van der Waals surface area contributed by atoms with Crippen LogP contribution in [0.1, 0.15) is 36.1 Å². The molecule has 1 atom stereocenters. The van der Waals surface area contributed by atoms with Crippen molar-refractivity contribution in [3.63, 3.8) is 0 Å². The molecule has 1 unspecified atom stereocenters. The summed E-state index contributed by atoms with van der Waals surface area (Å²) in [5, 5.41) is 2.54. The minimum absolute atomic E-state index is 0.0839. The third kappa shape index (κ3) is 5.59. The molecule has 0 radical (unpaired) electrons. The van der Waals surface area contributed by atoms with Gasteiger partial charge in [0.05, 0.1) is 30.3 Å². The summed E-state index contributed by atoms with van der Waals surface area (Å²) in [6, 6.07) is 9.96. The van der Waals surface area contributed by atoms with Crippen LogP contribution in [-0.4, -0.2) is 43.6 Å². The summed E-state index contributed by atoms with van der Waals surface area (Å²) in [6.07, 6.45) is -3.98. The number of hydrogen-bond donors (Lipinski definition) is 1. The van der Waals surface area contributed by atoms with Crippen LogP contribution in [-0.2, 0) is 26.9 Å². The third-order valence-corrected chi connectivity index (χ3v) is 5.32. The van der Waals surface area contributed by atoms with Crippen LogP contribution >= 0.6 is 0 Å². The Morgan fingerprint density at radius 1 is 1.16 bits per heavy atom. The zero-order valence-electron chi connectivity index (χ0n) is 17.9. The summed E-state index contributed by atoms with van der Waals surface area (Å²) in [5.74, 6) is -0.579. The topological polar surface area (TPSA) is 67.9 Å². The summed E-state index contributed by atoms with van der Waals surface area (Å²) in [6.45, 7) is 2.26. The number of anilines is 1. The monoisotopic (exact) mass is 450 g/mol. The van der Waals surface area contributed by atoms with E-state index in [0.717, 1.165) is 23.3 Å². The van der Waals surface area contributed by atoms with Gasteiger partial charge in [0.2, 0.25) is 11.8 Å². The van der Waals surface area contributed by atoms with Crippen molar-refractivity contribution in [1.29, 1.82) is 0 Å². The normalized spacial score (nSPS) is 15.8. The second kappa shape index (κ2) is 10.0. The molecule has 2 aromatic carbocycles. The average molecular weight is 450 g/mol. The van der Waals surface area contributed by atoms with Crippen molar-refractivity contribution in [2.75, 3.05) is 32.2 Å². The first-order chi connectivity index (χ1) is 15.2. The quantitative estimate of drug-likeness (QED) is 0.642. The van der Waals surface area contributed by atoms with E-state index in [2.05, 4.69) is 5.32 Å². The average Bonchev–Trinajstić information content (AvgIpc) is 2.74. The van der Waals surface area contributed by atoms with Crippen LogP contribution in [0.2, 0.25) is 0 Å². The van der Waals surface area contributed by atoms with E-state index >= 15 is 0 Å². The molecular weight excluding hydrogens is 425 g/mol. The predicted octanol–water partition coefficient (Wildman–Crippen LogP) is 4.21. The van der Waals surface area contributed by atoms with E-state index in [1.54, 1.807) is 4.90 Å². The van der Waals surface area contributed by atoms with Gasteiger partial charge in [-0.3, -0.25) is 9.59 Å². The van der Waals surface area contributed by atoms with E-state index in [4.69, 9.17) is 9.47 Å². The number of fused-ring (bicyclic) bond motifs is 1. The van der Waals surface area contributed by atoms with Crippen molar-refractivity contribution >= 4 is 17.5 Å². The Kier molecular flexibility index (Phi) is 7.40.